The van der Waals surface area contributed by atoms with Crippen LogP contribution in [0.1, 0.15) is 34.3 Å². The predicted molar refractivity (Wildman–Crippen MR) is 133 cm³/mol. The van der Waals surface area contributed by atoms with Crippen LogP contribution in [0.3, 0.4) is 0 Å². The van der Waals surface area contributed by atoms with Crippen molar-refractivity contribution in [3.8, 4) is 22.8 Å². The number of likely N-dealkylation sites (tertiary alicyclic amines) is 1. The Morgan fingerprint density at radius 1 is 0.974 bits per heavy atom. The highest BCUT2D eigenvalue weighted by atomic mass is 19.4. The van der Waals surface area contributed by atoms with Crippen LogP contribution in [0.15, 0.2) is 60.8 Å². The first-order chi connectivity index (χ1) is 18.1. The molecule has 0 aliphatic carbocycles. The summed E-state index contributed by atoms with van der Waals surface area (Å²) in [6.45, 7) is 1.28. The molecule has 2 amide bonds. The van der Waals surface area contributed by atoms with Gasteiger partial charge >= 0.3 is 6.36 Å². The molecular formula is C27H27F3N4O4. The minimum atomic E-state index is -4.77. The molecular weight excluding hydrogens is 501 g/mol. The number of alkyl halides is 3. The van der Waals surface area contributed by atoms with Gasteiger partial charge in [0, 0.05) is 44.2 Å². The van der Waals surface area contributed by atoms with Crippen molar-refractivity contribution in [2.24, 2.45) is 11.5 Å². The van der Waals surface area contributed by atoms with Gasteiger partial charge in [-0.2, -0.15) is 0 Å². The first kappa shape index (κ1) is 26.9. The average Bonchev–Trinajstić information content (AvgIpc) is 2.89. The van der Waals surface area contributed by atoms with Crippen LogP contribution in [0.2, 0.25) is 0 Å². The lowest BCUT2D eigenvalue weighted by Gasteiger charge is -2.32. The molecule has 2 heterocycles. The smallest absolute Gasteiger partial charge is 0.474 e. The van der Waals surface area contributed by atoms with E-state index in [-0.39, 0.29) is 35.6 Å². The first-order valence-corrected chi connectivity index (χ1v) is 12.0. The Labute approximate surface area is 217 Å². The van der Waals surface area contributed by atoms with E-state index in [2.05, 4.69) is 9.72 Å². The van der Waals surface area contributed by atoms with Gasteiger partial charge in [-0.25, -0.2) is 4.98 Å². The van der Waals surface area contributed by atoms with E-state index < -0.39 is 12.3 Å². The summed E-state index contributed by atoms with van der Waals surface area (Å²) in [5, 5.41) is 0. The Kier molecular flexibility index (Phi) is 8.16. The van der Waals surface area contributed by atoms with Crippen molar-refractivity contribution >= 4 is 11.8 Å². The number of rotatable bonds is 8. The summed E-state index contributed by atoms with van der Waals surface area (Å²) in [5.41, 5.74) is 14.5. The molecule has 1 aromatic heterocycles. The number of piperidine rings is 1. The van der Waals surface area contributed by atoms with Crippen molar-refractivity contribution in [3.63, 3.8) is 0 Å². The highest BCUT2D eigenvalue weighted by Crippen LogP contribution is 2.27. The van der Waals surface area contributed by atoms with Crippen LogP contribution in [0.5, 0.6) is 11.6 Å². The van der Waals surface area contributed by atoms with Crippen molar-refractivity contribution in [1.29, 1.82) is 0 Å². The first-order valence-electron chi connectivity index (χ1n) is 12.0. The lowest BCUT2D eigenvalue weighted by Crippen LogP contribution is -2.42. The molecule has 4 rings (SSSR count). The molecule has 0 saturated carbocycles. The van der Waals surface area contributed by atoms with Crippen molar-refractivity contribution in [2.45, 2.75) is 38.3 Å². The van der Waals surface area contributed by atoms with Gasteiger partial charge in [0.25, 0.3) is 5.91 Å². The van der Waals surface area contributed by atoms with Crippen LogP contribution < -0.4 is 20.9 Å². The number of hydrogen-bond acceptors (Lipinski definition) is 6. The molecule has 2 aromatic carbocycles. The Balaban J connectivity index is 1.33. The number of ether oxygens (including phenoxy) is 2. The monoisotopic (exact) mass is 528 g/mol. The van der Waals surface area contributed by atoms with Crippen LogP contribution in [0.25, 0.3) is 11.1 Å². The maximum atomic E-state index is 12.7. The van der Waals surface area contributed by atoms with Gasteiger partial charge in [0.15, 0.2) is 0 Å². The number of nitrogens with two attached hydrogens (primary N) is 2. The molecule has 0 unspecified atom stereocenters. The van der Waals surface area contributed by atoms with Crippen LogP contribution in [-0.4, -0.2) is 47.3 Å². The van der Waals surface area contributed by atoms with Crippen molar-refractivity contribution in [1.82, 2.24) is 9.88 Å². The molecule has 0 spiro atoms. The molecule has 1 aliphatic rings. The molecule has 1 aliphatic heterocycles. The summed E-state index contributed by atoms with van der Waals surface area (Å²) in [6.07, 6.45) is -2.32. The van der Waals surface area contributed by atoms with E-state index in [1.165, 1.54) is 24.3 Å². The van der Waals surface area contributed by atoms with Gasteiger partial charge in [-0.3, -0.25) is 9.59 Å². The normalized spacial score (nSPS) is 14.3. The highest BCUT2D eigenvalue weighted by Gasteiger charge is 2.31. The number of aromatic nitrogens is 1. The summed E-state index contributed by atoms with van der Waals surface area (Å²) in [7, 11) is 0. The second kappa shape index (κ2) is 11.5. The molecule has 200 valence electrons. The molecule has 4 N–H and O–H groups in total. The maximum absolute atomic E-state index is 12.7. The van der Waals surface area contributed by atoms with Crippen molar-refractivity contribution < 1.29 is 32.2 Å². The third kappa shape index (κ3) is 7.00. The van der Waals surface area contributed by atoms with Crippen LogP contribution in [0.4, 0.5) is 13.2 Å². The minimum Gasteiger partial charge on any atom is -0.474 e. The van der Waals surface area contributed by atoms with E-state index in [9.17, 15) is 22.8 Å². The molecule has 0 bridgehead atoms. The Morgan fingerprint density at radius 2 is 1.61 bits per heavy atom. The Morgan fingerprint density at radius 3 is 2.18 bits per heavy atom. The quantitative estimate of drug-likeness (QED) is 0.459. The number of hydrogen-bond donors (Lipinski definition) is 2. The molecule has 8 nitrogen and oxygen atoms in total. The van der Waals surface area contributed by atoms with E-state index in [4.69, 9.17) is 16.2 Å². The zero-order valence-electron chi connectivity index (χ0n) is 20.4. The fraction of sp³-hybridized carbons (Fsp3) is 0.296. The van der Waals surface area contributed by atoms with Gasteiger partial charge in [-0.1, -0.05) is 36.4 Å². The summed E-state index contributed by atoms with van der Waals surface area (Å²) >= 11 is 0. The van der Waals surface area contributed by atoms with E-state index in [1.807, 2.05) is 24.3 Å². The van der Waals surface area contributed by atoms with Crippen LogP contribution >= 0.6 is 0 Å². The number of amides is 2. The molecule has 1 saturated heterocycles. The van der Waals surface area contributed by atoms with Gasteiger partial charge in [-0.15, -0.1) is 13.2 Å². The number of pyridine rings is 1. The van der Waals surface area contributed by atoms with E-state index >= 15 is 0 Å². The highest BCUT2D eigenvalue weighted by molar-refractivity contribution is 5.96. The molecule has 11 heteroatoms. The number of carbonyl (C=O) groups is 2. The molecule has 3 aromatic rings. The number of carbonyl (C=O) groups excluding carboxylic acids is 2. The average molecular weight is 529 g/mol. The minimum absolute atomic E-state index is 0.0545. The van der Waals surface area contributed by atoms with E-state index in [0.717, 1.165) is 11.1 Å². The zero-order chi connectivity index (χ0) is 27.3. The number of benzene rings is 2. The van der Waals surface area contributed by atoms with Gasteiger partial charge in [0.1, 0.15) is 17.4 Å². The standard InChI is InChI=1S/C27H27F3N4O4/c28-27(29,30)38-22-7-3-17(4-8-22)13-24(35)34-11-9-21(10-12-34)37-26-23(25(32)36)14-20(16-33-26)19-5-1-18(15-31)2-6-19/h1-8,14,16,21H,9-13,15,31H2,(H2,32,36). The molecule has 0 atom stereocenters. The third-order valence-corrected chi connectivity index (χ3v) is 6.22. The summed E-state index contributed by atoms with van der Waals surface area (Å²) in [5.74, 6) is -1.00. The van der Waals surface area contributed by atoms with Crippen LogP contribution in [0, 0.1) is 0 Å². The van der Waals surface area contributed by atoms with E-state index in [0.29, 0.717) is 43.6 Å². The fourth-order valence-corrected chi connectivity index (χ4v) is 4.19. The lowest BCUT2D eigenvalue weighted by molar-refractivity contribution is -0.274. The van der Waals surface area contributed by atoms with Gasteiger partial charge in [0.05, 0.1) is 6.42 Å². The summed E-state index contributed by atoms with van der Waals surface area (Å²) < 4.78 is 46.8. The summed E-state index contributed by atoms with van der Waals surface area (Å²) in [4.78, 5) is 30.8. The zero-order valence-corrected chi connectivity index (χ0v) is 20.4. The van der Waals surface area contributed by atoms with E-state index in [1.54, 1.807) is 17.2 Å². The Hall–Kier alpha value is -4.12. The third-order valence-electron chi connectivity index (χ3n) is 6.22. The second-order valence-electron chi connectivity index (χ2n) is 8.91. The number of halogens is 3. The molecule has 38 heavy (non-hydrogen) atoms. The number of primary amides is 1. The Bertz CT molecular complexity index is 1270. The summed E-state index contributed by atoms with van der Waals surface area (Å²) in [6, 6.07) is 14.5. The van der Waals surface area contributed by atoms with Crippen molar-refractivity contribution in [2.75, 3.05) is 13.1 Å². The fourth-order valence-electron chi connectivity index (χ4n) is 4.19. The SMILES string of the molecule is NCc1ccc(-c2cnc(OC3CCN(C(=O)Cc4ccc(OC(F)(F)F)cc4)CC3)c(C(N)=O)c2)cc1. The largest absolute Gasteiger partial charge is 0.573 e. The van der Waals surface area contributed by atoms with Gasteiger partial charge < -0.3 is 25.8 Å². The number of nitrogens with zero attached hydrogens (tertiary/aromatic N) is 2. The van der Waals surface area contributed by atoms with Crippen molar-refractivity contribution in [3.05, 3.63) is 77.5 Å². The maximum Gasteiger partial charge on any atom is 0.573 e. The molecule has 0 radical (unpaired) electrons. The second-order valence-corrected chi connectivity index (χ2v) is 8.91. The van der Waals surface area contributed by atoms with Crippen LogP contribution in [-0.2, 0) is 17.8 Å². The topological polar surface area (TPSA) is 121 Å². The van der Waals surface area contributed by atoms with Gasteiger partial charge in [0.2, 0.25) is 11.8 Å². The predicted octanol–water partition coefficient (Wildman–Crippen LogP) is 3.82. The molecule has 1 fully saturated rings. The lowest BCUT2D eigenvalue weighted by atomic mass is 10.0. The van der Waals surface area contributed by atoms with Gasteiger partial charge in [-0.05, 0) is 34.9 Å².